The molecule has 1 aromatic heterocycles. The highest BCUT2D eigenvalue weighted by Crippen LogP contribution is 2.42. The lowest BCUT2D eigenvalue weighted by Crippen LogP contribution is -2.07. The monoisotopic (exact) mass is 364 g/mol. The Hall–Kier alpha value is -2.82. The van der Waals surface area contributed by atoms with Crippen LogP contribution in [0.25, 0.3) is 32.8 Å². The van der Waals surface area contributed by atoms with Crippen LogP contribution in [0, 0.1) is 0 Å². The van der Waals surface area contributed by atoms with Crippen molar-refractivity contribution in [1.29, 1.82) is 0 Å². The molecule has 0 saturated heterocycles. The Morgan fingerprint density at radius 2 is 1.73 bits per heavy atom. The van der Waals surface area contributed by atoms with Crippen molar-refractivity contribution in [3.8, 4) is 16.9 Å². The van der Waals surface area contributed by atoms with Crippen LogP contribution in [0.3, 0.4) is 0 Å². The molecular weight excluding hydrogens is 348 g/mol. The van der Waals surface area contributed by atoms with E-state index in [1.807, 2.05) is 49.4 Å². The number of hydrogen-bond acceptors (Lipinski definition) is 3. The van der Waals surface area contributed by atoms with Gasteiger partial charge in [0.05, 0.1) is 10.5 Å². The van der Waals surface area contributed by atoms with E-state index in [0.29, 0.717) is 21.5 Å². The van der Waals surface area contributed by atoms with Crippen LogP contribution in [0.2, 0.25) is 5.02 Å². The summed E-state index contributed by atoms with van der Waals surface area (Å²) in [6.45, 7) is 1.92. The number of benzene rings is 3. The lowest BCUT2D eigenvalue weighted by Gasteiger charge is -2.14. The smallest absolute Gasteiger partial charge is 0.256 e. The SMILES string of the molecule is C[C@@H](N)c1ccc(-c2c(O)cc(Cl)c3[nH]c(=O)c4ccccc4c23)cc1. The Labute approximate surface area is 154 Å². The maximum Gasteiger partial charge on any atom is 0.256 e. The van der Waals surface area contributed by atoms with Crippen LogP contribution in [-0.2, 0) is 0 Å². The lowest BCUT2D eigenvalue weighted by molar-refractivity contribution is 0.478. The van der Waals surface area contributed by atoms with E-state index >= 15 is 0 Å². The van der Waals surface area contributed by atoms with Crippen molar-refractivity contribution >= 4 is 33.3 Å². The summed E-state index contributed by atoms with van der Waals surface area (Å²) >= 11 is 6.31. The Morgan fingerprint density at radius 1 is 1.08 bits per heavy atom. The second-order valence-corrected chi connectivity index (χ2v) is 6.82. The molecule has 130 valence electrons. The van der Waals surface area contributed by atoms with Crippen molar-refractivity contribution in [3.05, 3.63) is 75.5 Å². The second kappa shape index (κ2) is 6.16. The predicted molar refractivity (Wildman–Crippen MR) is 107 cm³/mol. The van der Waals surface area contributed by atoms with Gasteiger partial charge in [-0.2, -0.15) is 0 Å². The number of aromatic amines is 1. The van der Waals surface area contributed by atoms with E-state index in [1.165, 1.54) is 6.07 Å². The molecule has 0 saturated carbocycles. The predicted octanol–water partition coefficient (Wildman–Crippen LogP) is 4.73. The number of nitrogens with two attached hydrogens (primary N) is 1. The highest BCUT2D eigenvalue weighted by molar-refractivity contribution is 6.37. The Morgan fingerprint density at radius 3 is 2.38 bits per heavy atom. The molecule has 3 aromatic carbocycles. The third-order valence-electron chi connectivity index (χ3n) is 4.66. The van der Waals surface area contributed by atoms with Crippen molar-refractivity contribution in [2.45, 2.75) is 13.0 Å². The van der Waals surface area contributed by atoms with Gasteiger partial charge in [-0.25, -0.2) is 0 Å². The summed E-state index contributed by atoms with van der Waals surface area (Å²) < 4.78 is 0. The molecule has 0 aliphatic heterocycles. The number of pyridine rings is 1. The van der Waals surface area contributed by atoms with E-state index in [1.54, 1.807) is 6.07 Å². The van der Waals surface area contributed by atoms with E-state index in [4.69, 9.17) is 17.3 Å². The van der Waals surface area contributed by atoms with Gasteiger partial charge in [0.15, 0.2) is 0 Å². The van der Waals surface area contributed by atoms with Gasteiger partial charge < -0.3 is 15.8 Å². The molecule has 0 spiro atoms. The number of halogens is 1. The van der Waals surface area contributed by atoms with Crippen LogP contribution in [0.15, 0.2) is 59.4 Å². The van der Waals surface area contributed by atoms with Crippen molar-refractivity contribution < 1.29 is 5.11 Å². The maximum absolute atomic E-state index is 12.4. The van der Waals surface area contributed by atoms with Crippen molar-refractivity contribution in [1.82, 2.24) is 4.98 Å². The molecule has 0 radical (unpaired) electrons. The fourth-order valence-corrected chi connectivity index (χ4v) is 3.60. The Bertz CT molecular complexity index is 1190. The van der Waals surface area contributed by atoms with E-state index in [-0.39, 0.29) is 17.4 Å². The van der Waals surface area contributed by atoms with Crippen LogP contribution >= 0.6 is 11.6 Å². The molecule has 4 aromatic rings. The lowest BCUT2D eigenvalue weighted by atomic mass is 9.94. The highest BCUT2D eigenvalue weighted by atomic mass is 35.5. The molecule has 0 amide bonds. The summed E-state index contributed by atoms with van der Waals surface area (Å²) in [7, 11) is 0. The summed E-state index contributed by atoms with van der Waals surface area (Å²) in [5.41, 5.74) is 8.69. The third kappa shape index (κ3) is 2.55. The number of rotatable bonds is 2. The molecular formula is C21H17ClN2O2. The number of phenols is 1. The van der Waals surface area contributed by atoms with Gasteiger partial charge in [0.25, 0.3) is 5.56 Å². The number of fused-ring (bicyclic) bond motifs is 3. The van der Waals surface area contributed by atoms with Gasteiger partial charge in [-0.3, -0.25) is 4.79 Å². The van der Waals surface area contributed by atoms with Crippen molar-refractivity contribution in [3.63, 3.8) is 0 Å². The summed E-state index contributed by atoms with van der Waals surface area (Å²) in [4.78, 5) is 15.3. The van der Waals surface area contributed by atoms with Gasteiger partial charge in [-0.05, 0) is 29.5 Å². The summed E-state index contributed by atoms with van der Waals surface area (Å²) in [5, 5.41) is 13.0. The standard InChI is InChI=1S/C21H17ClN2O2/c1-11(23)12-6-8-13(9-7-12)18-17(25)10-16(22)20-19(18)14-4-2-3-5-15(14)21(26)24-20/h2-11,25H,23H2,1H3,(H,24,26)/t11-/m1/s1. The van der Waals surface area contributed by atoms with Gasteiger partial charge in [-0.15, -0.1) is 0 Å². The number of nitrogens with one attached hydrogen (secondary N) is 1. The number of phenolic OH excluding ortho intramolecular Hbond substituents is 1. The molecule has 0 unspecified atom stereocenters. The normalized spacial score (nSPS) is 12.6. The summed E-state index contributed by atoms with van der Waals surface area (Å²) in [6.07, 6.45) is 0. The number of H-pyrrole nitrogens is 1. The van der Waals surface area contributed by atoms with Crippen molar-refractivity contribution in [2.75, 3.05) is 0 Å². The quantitative estimate of drug-likeness (QED) is 0.450. The van der Waals surface area contributed by atoms with E-state index in [0.717, 1.165) is 21.9 Å². The first-order valence-electron chi connectivity index (χ1n) is 8.29. The summed E-state index contributed by atoms with van der Waals surface area (Å²) in [5.74, 6) is 0.0632. The van der Waals surface area contributed by atoms with Crippen LogP contribution in [0.5, 0.6) is 5.75 Å². The van der Waals surface area contributed by atoms with Gasteiger partial charge in [0.1, 0.15) is 5.75 Å². The molecule has 26 heavy (non-hydrogen) atoms. The number of hydrogen-bond donors (Lipinski definition) is 3. The molecule has 4 nitrogen and oxygen atoms in total. The van der Waals surface area contributed by atoms with Crippen LogP contribution in [-0.4, -0.2) is 10.1 Å². The molecule has 1 heterocycles. The molecule has 4 N–H and O–H groups in total. The zero-order valence-electron chi connectivity index (χ0n) is 14.1. The fraction of sp³-hybridized carbons (Fsp3) is 0.0952. The first-order valence-corrected chi connectivity index (χ1v) is 8.67. The number of aromatic nitrogens is 1. The minimum Gasteiger partial charge on any atom is -0.507 e. The molecule has 0 fully saturated rings. The summed E-state index contributed by atoms with van der Waals surface area (Å²) in [6, 6.07) is 16.4. The molecule has 0 aliphatic carbocycles. The average molecular weight is 365 g/mol. The van der Waals surface area contributed by atoms with Crippen LogP contribution < -0.4 is 11.3 Å². The van der Waals surface area contributed by atoms with Gasteiger partial charge >= 0.3 is 0 Å². The molecule has 0 aliphatic rings. The zero-order valence-corrected chi connectivity index (χ0v) is 14.8. The zero-order chi connectivity index (χ0) is 18.4. The fourth-order valence-electron chi connectivity index (χ4n) is 3.35. The highest BCUT2D eigenvalue weighted by Gasteiger charge is 2.17. The van der Waals surface area contributed by atoms with Crippen molar-refractivity contribution in [2.24, 2.45) is 5.73 Å². The third-order valence-corrected chi connectivity index (χ3v) is 4.96. The van der Waals surface area contributed by atoms with E-state index in [2.05, 4.69) is 4.98 Å². The molecule has 1 atom stereocenters. The Balaban J connectivity index is 2.15. The second-order valence-electron chi connectivity index (χ2n) is 6.41. The van der Waals surface area contributed by atoms with E-state index in [9.17, 15) is 9.90 Å². The average Bonchev–Trinajstić information content (AvgIpc) is 2.63. The first-order chi connectivity index (χ1) is 12.5. The largest absolute Gasteiger partial charge is 0.507 e. The molecule has 5 heteroatoms. The minimum absolute atomic E-state index is 0.0632. The topological polar surface area (TPSA) is 79.1 Å². The van der Waals surface area contributed by atoms with Crippen LogP contribution in [0.4, 0.5) is 0 Å². The number of aromatic hydroxyl groups is 1. The van der Waals surface area contributed by atoms with Gasteiger partial charge in [-0.1, -0.05) is 54.1 Å². The van der Waals surface area contributed by atoms with Gasteiger partial charge in [0.2, 0.25) is 0 Å². The Kier molecular flexibility index (Phi) is 3.94. The minimum atomic E-state index is -0.209. The molecule has 0 bridgehead atoms. The van der Waals surface area contributed by atoms with Gasteiger partial charge in [0, 0.05) is 28.4 Å². The first kappa shape index (κ1) is 16.6. The maximum atomic E-state index is 12.4. The molecule has 4 rings (SSSR count). The van der Waals surface area contributed by atoms with Crippen LogP contribution in [0.1, 0.15) is 18.5 Å². The van der Waals surface area contributed by atoms with E-state index < -0.39 is 0 Å².